The quantitative estimate of drug-likeness (QED) is 0.884. The van der Waals surface area contributed by atoms with Gasteiger partial charge in [-0.05, 0) is 35.1 Å². The SMILES string of the molecule is CNCc1nc2c(Br)cc(Cl)cc2[nH]1. The highest BCUT2D eigenvalue weighted by atomic mass is 79.9. The molecule has 14 heavy (non-hydrogen) atoms. The summed E-state index contributed by atoms with van der Waals surface area (Å²) < 4.78 is 0.915. The number of H-pyrrole nitrogens is 1. The van der Waals surface area contributed by atoms with E-state index in [2.05, 4.69) is 31.2 Å². The number of hydrogen-bond donors (Lipinski definition) is 2. The Bertz CT molecular complexity index is 466. The third kappa shape index (κ3) is 1.78. The Labute approximate surface area is 95.0 Å². The lowest BCUT2D eigenvalue weighted by Gasteiger charge is -1.92. The lowest BCUT2D eigenvalue weighted by atomic mass is 10.3. The van der Waals surface area contributed by atoms with Crippen molar-refractivity contribution in [3.05, 3.63) is 27.5 Å². The van der Waals surface area contributed by atoms with Crippen molar-refractivity contribution in [3.63, 3.8) is 0 Å². The van der Waals surface area contributed by atoms with E-state index in [9.17, 15) is 0 Å². The van der Waals surface area contributed by atoms with Crippen molar-refractivity contribution in [1.82, 2.24) is 15.3 Å². The Morgan fingerprint density at radius 1 is 1.57 bits per heavy atom. The van der Waals surface area contributed by atoms with Crippen LogP contribution in [0.25, 0.3) is 11.0 Å². The van der Waals surface area contributed by atoms with Crippen molar-refractivity contribution in [2.24, 2.45) is 0 Å². The molecule has 1 aromatic heterocycles. The van der Waals surface area contributed by atoms with E-state index in [4.69, 9.17) is 11.6 Å². The van der Waals surface area contributed by atoms with Crippen LogP contribution in [0.3, 0.4) is 0 Å². The van der Waals surface area contributed by atoms with Crippen molar-refractivity contribution in [1.29, 1.82) is 0 Å². The number of halogens is 2. The molecule has 74 valence electrons. The van der Waals surface area contributed by atoms with Crippen LogP contribution in [0.5, 0.6) is 0 Å². The Balaban J connectivity index is 2.58. The van der Waals surface area contributed by atoms with Crippen LogP contribution in [0.2, 0.25) is 5.02 Å². The summed E-state index contributed by atoms with van der Waals surface area (Å²) in [6, 6.07) is 3.71. The summed E-state index contributed by atoms with van der Waals surface area (Å²) in [5.74, 6) is 0.908. The van der Waals surface area contributed by atoms with Crippen LogP contribution in [-0.4, -0.2) is 17.0 Å². The molecule has 2 rings (SSSR count). The number of nitrogens with zero attached hydrogens (tertiary/aromatic N) is 1. The predicted molar refractivity (Wildman–Crippen MR) is 61.6 cm³/mol. The first-order chi connectivity index (χ1) is 6.70. The summed E-state index contributed by atoms with van der Waals surface area (Å²) in [6.07, 6.45) is 0. The van der Waals surface area contributed by atoms with Crippen LogP contribution >= 0.6 is 27.5 Å². The van der Waals surface area contributed by atoms with Gasteiger partial charge in [-0.2, -0.15) is 0 Å². The molecule has 0 fully saturated rings. The van der Waals surface area contributed by atoms with Crippen molar-refractivity contribution >= 4 is 38.6 Å². The molecule has 0 unspecified atom stereocenters. The molecule has 3 nitrogen and oxygen atoms in total. The first-order valence-corrected chi connectivity index (χ1v) is 5.36. The van der Waals surface area contributed by atoms with E-state index in [-0.39, 0.29) is 0 Å². The van der Waals surface area contributed by atoms with E-state index in [0.717, 1.165) is 27.9 Å². The van der Waals surface area contributed by atoms with Crippen LogP contribution in [0, 0.1) is 0 Å². The molecule has 0 spiro atoms. The normalized spacial score (nSPS) is 11.1. The molecule has 1 heterocycles. The van der Waals surface area contributed by atoms with Gasteiger partial charge in [0.05, 0.1) is 12.1 Å². The monoisotopic (exact) mass is 273 g/mol. The zero-order valence-corrected chi connectivity index (χ0v) is 9.91. The van der Waals surface area contributed by atoms with Gasteiger partial charge in [-0.3, -0.25) is 0 Å². The maximum absolute atomic E-state index is 5.92. The molecular weight excluding hydrogens is 265 g/mol. The number of aromatic amines is 1. The smallest absolute Gasteiger partial charge is 0.121 e. The average Bonchev–Trinajstić information content (AvgIpc) is 2.48. The van der Waals surface area contributed by atoms with E-state index in [0.29, 0.717) is 5.02 Å². The highest BCUT2D eigenvalue weighted by Crippen LogP contribution is 2.26. The molecule has 5 heteroatoms. The van der Waals surface area contributed by atoms with Crippen LogP contribution in [0.15, 0.2) is 16.6 Å². The number of hydrogen-bond acceptors (Lipinski definition) is 2. The fraction of sp³-hybridized carbons (Fsp3) is 0.222. The van der Waals surface area contributed by atoms with Crippen molar-refractivity contribution < 1.29 is 0 Å². The fourth-order valence-electron chi connectivity index (χ4n) is 1.34. The Hall–Kier alpha value is -0.580. The number of fused-ring (bicyclic) bond motifs is 1. The average molecular weight is 275 g/mol. The van der Waals surface area contributed by atoms with Gasteiger partial charge in [-0.25, -0.2) is 4.98 Å². The van der Waals surface area contributed by atoms with Gasteiger partial charge in [0, 0.05) is 9.50 Å². The largest absolute Gasteiger partial charge is 0.341 e. The summed E-state index contributed by atoms with van der Waals surface area (Å²) in [6.45, 7) is 0.721. The molecule has 0 radical (unpaired) electrons. The molecule has 0 bridgehead atoms. The van der Waals surface area contributed by atoms with Gasteiger partial charge in [0.25, 0.3) is 0 Å². The number of aromatic nitrogens is 2. The van der Waals surface area contributed by atoms with Gasteiger partial charge >= 0.3 is 0 Å². The first-order valence-electron chi connectivity index (χ1n) is 4.19. The van der Waals surface area contributed by atoms with Crippen molar-refractivity contribution in [2.75, 3.05) is 7.05 Å². The summed E-state index contributed by atoms with van der Waals surface area (Å²) in [7, 11) is 1.88. The number of benzene rings is 1. The van der Waals surface area contributed by atoms with Crippen LogP contribution in [-0.2, 0) is 6.54 Å². The highest BCUT2D eigenvalue weighted by Gasteiger charge is 2.06. The lowest BCUT2D eigenvalue weighted by Crippen LogP contribution is -2.06. The standard InChI is InChI=1S/C9H9BrClN3/c1-12-4-8-13-7-3-5(11)2-6(10)9(7)14-8/h2-3,12H,4H2,1H3,(H,13,14). The van der Waals surface area contributed by atoms with E-state index >= 15 is 0 Å². The second-order valence-electron chi connectivity index (χ2n) is 3.00. The Morgan fingerprint density at radius 2 is 2.36 bits per heavy atom. The Morgan fingerprint density at radius 3 is 3.07 bits per heavy atom. The molecular formula is C9H9BrClN3. The summed E-state index contributed by atoms with van der Waals surface area (Å²) in [5, 5.41) is 3.74. The van der Waals surface area contributed by atoms with Gasteiger partial charge in [0.2, 0.25) is 0 Å². The minimum Gasteiger partial charge on any atom is -0.341 e. The second kappa shape index (κ2) is 3.88. The molecule has 0 aliphatic heterocycles. The van der Waals surface area contributed by atoms with Crippen LogP contribution in [0.1, 0.15) is 5.82 Å². The Kier molecular flexibility index (Phi) is 2.76. The molecule has 0 aliphatic carbocycles. The lowest BCUT2D eigenvalue weighted by molar-refractivity contribution is 0.775. The third-order valence-corrected chi connectivity index (χ3v) is 2.72. The molecule has 2 N–H and O–H groups in total. The molecule has 1 aromatic carbocycles. The summed E-state index contributed by atoms with van der Waals surface area (Å²) in [5.41, 5.74) is 1.87. The summed E-state index contributed by atoms with van der Waals surface area (Å²) >= 11 is 9.34. The number of nitrogens with one attached hydrogen (secondary N) is 2. The van der Waals surface area contributed by atoms with Gasteiger partial charge in [-0.1, -0.05) is 11.6 Å². The molecule has 0 saturated heterocycles. The third-order valence-electron chi connectivity index (χ3n) is 1.90. The van der Waals surface area contributed by atoms with Crippen LogP contribution < -0.4 is 5.32 Å². The van der Waals surface area contributed by atoms with Crippen molar-refractivity contribution in [2.45, 2.75) is 6.54 Å². The molecule has 0 aliphatic rings. The zero-order chi connectivity index (χ0) is 10.1. The minimum absolute atomic E-state index is 0.698. The van der Waals surface area contributed by atoms with Gasteiger partial charge < -0.3 is 10.3 Å². The topological polar surface area (TPSA) is 40.7 Å². The van der Waals surface area contributed by atoms with Crippen LogP contribution in [0.4, 0.5) is 0 Å². The van der Waals surface area contributed by atoms with E-state index in [1.807, 2.05) is 19.2 Å². The molecule has 0 atom stereocenters. The maximum Gasteiger partial charge on any atom is 0.121 e. The van der Waals surface area contributed by atoms with E-state index in [1.54, 1.807) is 0 Å². The van der Waals surface area contributed by atoms with Crippen molar-refractivity contribution in [3.8, 4) is 0 Å². The molecule has 2 aromatic rings. The number of imidazole rings is 1. The fourth-order valence-corrected chi connectivity index (χ4v) is 2.24. The molecule has 0 saturated carbocycles. The zero-order valence-electron chi connectivity index (χ0n) is 7.56. The first kappa shape index (κ1) is 9.96. The number of rotatable bonds is 2. The maximum atomic E-state index is 5.92. The minimum atomic E-state index is 0.698. The van der Waals surface area contributed by atoms with E-state index in [1.165, 1.54) is 0 Å². The van der Waals surface area contributed by atoms with Gasteiger partial charge in [-0.15, -0.1) is 0 Å². The highest BCUT2D eigenvalue weighted by molar-refractivity contribution is 9.10. The second-order valence-corrected chi connectivity index (χ2v) is 4.29. The van der Waals surface area contributed by atoms with E-state index < -0.39 is 0 Å². The predicted octanol–water partition coefficient (Wildman–Crippen LogP) is 2.70. The van der Waals surface area contributed by atoms with Gasteiger partial charge in [0.15, 0.2) is 0 Å². The molecule has 0 amide bonds. The van der Waals surface area contributed by atoms with Gasteiger partial charge in [0.1, 0.15) is 11.3 Å². The summed E-state index contributed by atoms with van der Waals surface area (Å²) in [4.78, 5) is 7.61.